The zero-order valence-electron chi connectivity index (χ0n) is 7.93. The fourth-order valence-electron chi connectivity index (χ4n) is 1.76. The highest BCUT2D eigenvalue weighted by Gasteiger charge is 2.25. The summed E-state index contributed by atoms with van der Waals surface area (Å²) in [5.41, 5.74) is 0.929. The molecule has 1 aliphatic carbocycles. The molecule has 4 heteroatoms. The van der Waals surface area contributed by atoms with Crippen LogP contribution in [-0.2, 0) is 0 Å². The van der Waals surface area contributed by atoms with Crippen LogP contribution in [0.15, 0.2) is 16.7 Å². The van der Waals surface area contributed by atoms with Gasteiger partial charge in [-0.1, -0.05) is 18.5 Å². The Balaban J connectivity index is 2.05. The zero-order chi connectivity index (χ0) is 10.1. The first kappa shape index (κ1) is 10.2. The summed E-state index contributed by atoms with van der Waals surface area (Å²) in [5.74, 6) is 0.839. The predicted molar refractivity (Wildman–Crippen MR) is 62.8 cm³/mol. The van der Waals surface area contributed by atoms with Crippen LogP contribution in [-0.4, -0.2) is 11.0 Å². The number of nitrogens with zero attached hydrogens (tertiary/aromatic N) is 1. The molecule has 0 aromatic carbocycles. The lowest BCUT2D eigenvalue weighted by Gasteiger charge is -2.34. The third-order valence-electron chi connectivity index (χ3n) is 2.54. The van der Waals surface area contributed by atoms with Crippen molar-refractivity contribution in [3.8, 4) is 0 Å². The van der Waals surface area contributed by atoms with Crippen molar-refractivity contribution in [1.29, 1.82) is 0 Å². The molecule has 2 rings (SSSR count). The van der Waals surface area contributed by atoms with Gasteiger partial charge in [-0.2, -0.15) is 0 Å². The lowest BCUT2D eigenvalue weighted by atomic mass is 9.82. The van der Waals surface area contributed by atoms with Gasteiger partial charge in [-0.05, 0) is 40.8 Å². The van der Waals surface area contributed by atoms with E-state index in [2.05, 4.69) is 33.2 Å². The minimum absolute atomic E-state index is 0.549. The summed E-state index contributed by atoms with van der Waals surface area (Å²) in [6.07, 6.45) is 4.16. The standard InChI is InChI=1S/C10H12BrClN2/c1-6-2-8(3-6)14-9-4-7(11)5-13-10(9)12/h4-6,8,14H,2-3H2,1H3. The third-order valence-corrected chi connectivity index (χ3v) is 3.27. The maximum atomic E-state index is 5.96. The summed E-state index contributed by atoms with van der Waals surface area (Å²) in [4.78, 5) is 4.07. The molecular weight excluding hydrogens is 263 g/mol. The zero-order valence-corrected chi connectivity index (χ0v) is 10.3. The Hall–Kier alpha value is -0.280. The van der Waals surface area contributed by atoms with Gasteiger partial charge in [-0.15, -0.1) is 0 Å². The van der Waals surface area contributed by atoms with Crippen LogP contribution in [0.2, 0.25) is 5.15 Å². The van der Waals surface area contributed by atoms with Gasteiger partial charge in [0, 0.05) is 16.7 Å². The van der Waals surface area contributed by atoms with Crippen LogP contribution in [0.1, 0.15) is 19.8 Å². The highest BCUT2D eigenvalue weighted by Crippen LogP contribution is 2.32. The molecule has 0 spiro atoms. The van der Waals surface area contributed by atoms with Crippen LogP contribution in [0.4, 0.5) is 5.69 Å². The van der Waals surface area contributed by atoms with E-state index < -0.39 is 0 Å². The molecule has 2 nitrogen and oxygen atoms in total. The Morgan fingerprint density at radius 2 is 2.29 bits per heavy atom. The van der Waals surface area contributed by atoms with E-state index in [1.54, 1.807) is 6.20 Å². The van der Waals surface area contributed by atoms with Gasteiger partial charge < -0.3 is 5.32 Å². The van der Waals surface area contributed by atoms with Crippen molar-refractivity contribution in [2.24, 2.45) is 5.92 Å². The Morgan fingerprint density at radius 1 is 1.57 bits per heavy atom. The highest BCUT2D eigenvalue weighted by molar-refractivity contribution is 9.10. The van der Waals surface area contributed by atoms with Crippen LogP contribution in [0, 0.1) is 5.92 Å². The monoisotopic (exact) mass is 274 g/mol. The summed E-state index contributed by atoms with van der Waals surface area (Å²) in [6.45, 7) is 2.26. The van der Waals surface area contributed by atoms with E-state index in [0.29, 0.717) is 11.2 Å². The molecule has 1 aromatic rings. The van der Waals surface area contributed by atoms with E-state index in [-0.39, 0.29) is 0 Å². The van der Waals surface area contributed by atoms with E-state index >= 15 is 0 Å². The summed E-state index contributed by atoms with van der Waals surface area (Å²) in [7, 11) is 0. The van der Waals surface area contributed by atoms with Crippen molar-refractivity contribution >= 4 is 33.2 Å². The number of hydrogen-bond donors (Lipinski definition) is 1. The molecule has 1 N–H and O–H groups in total. The molecule has 0 aliphatic heterocycles. The van der Waals surface area contributed by atoms with Gasteiger partial charge in [0.1, 0.15) is 0 Å². The molecule has 0 saturated heterocycles. The number of anilines is 1. The fraction of sp³-hybridized carbons (Fsp3) is 0.500. The molecule has 0 unspecified atom stereocenters. The number of halogens is 2. The van der Waals surface area contributed by atoms with Crippen molar-refractivity contribution in [3.05, 3.63) is 21.9 Å². The average molecular weight is 276 g/mol. The van der Waals surface area contributed by atoms with Crippen molar-refractivity contribution < 1.29 is 0 Å². The average Bonchev–Trinajstić information content (AvgIpc) is 2.09. The largest absolute Gasteiger partial charge is 0.380 e. The second kappa shape index (κ2) is 4.07. The lowest BCUT2D eigenvalue weighted by Crippen LogP contribution is -2.33. The van der Waals surface area contributed by atoms with E-state index in [4.69, 9.17) is 11.6 Å². The van der Waals surface area contributed by atoms with Gasteiger partial charge in [-0.25, -0.2) is 4.98 Å². The minimum atomic E-state index is 0.549. The van der Waals surface area contributed by atoms with E-state index in [1.807, 2.05) is 6.07 Å². The Morgan fingerprint density at radius 3 is 2.93 bits per heavy atom. The first-order valence-electron chi connectivity index (χ1n) is 4.72. The lowest BCUT2D eigenvalue weighted by molar-refractivity contribution is 0.309. The molecule has 0 amide bonds. The van der Waals surface area contributed by atoms with Crippen LogP contribution < -0.4 is 5.32 Å². The molecule has 0 bridgehead atoms. The number of nitrogens with one attached hydrogen (secondary N) is 1. The molecule has 14 heavy (non-hydrogen) atoms. The fourth-order valence-corrected chi connectivity index (χ4v) is 2.25. The summed E-state index contributed by atoms with van der Waals surface area (Å²) >= 11 is 9.34. The SMILES string of the molecule is CC1CC(Nc2cc(Br)cnc2Cl)C1. The molecular formula is C10H12BrClN2. The van der Waals surface area contributed by atoms with E-state index in [1.165, 1.54) is 12.8 Å². The molecule has 1 aromatic heterocycles. The predicted octanol–water partition coefficient (Wildman–Crippen LogP) is 3.71. The molecule has 1 aliphatic rings. The van der Waals surface area contributed by atoms with E-state index in [0.717, 1.165) is 16.1 Å². The van der Waals surface area contributed by atoms with E-state index in [9.17, 15) is 0 Å². The van der Waals surface area contributed by atoms with Crippen LogP contribution in [0.3, 0.4) is 0 Å². The number of aromatic nitrogens is 1. The normalized spacial score (nSPS) is 25.6. The van der Waals surface area contributed by atoms with Crippen molar-refractivity contribution in [2.45, 2.75) is 25.8 Å². The summed E-state index contributed by atoms with van der Waals surface area (Å²) in [5, 5.41) is 3.94. The van der Waals surface area contributed by atoms with Crippen molar-refractivity contribution in [3.63, 3.8) is 0 Å². The van der Waals surface area contributed by atoms with Gasteiger partial charge in [0.25, 0.3) is 0 Å². The molecule has 1 heterocycles. The van der Waals surface area contributed by atoms with Gasteiger partial charge in [0.2, 0.25) is 0 Å². The molecule has 0 radical (unpaired) electrons. The van der Waals surface area contributed by atoms with Crippen molar-refractivity contribution in [1.82, 2.24) is 4.98 Å². The molecule has 1 fully saturated rings. The smallest absolute Gasteiger partial charge is 0.152 e. The van der Waals surface area contributed by atoms with Crippen LogP contribution in [0.25, 0.3) is 0 Å². The molecule has 1 saturated carbocycles. The van der Waals surface area contributed by atoms with Crippen molar-refractivity contribution in [2.75, 3.05) is 5.32 Å². The third kappa shape index (κ3) is 2.20. The van der Waals surface area contributed by atoms with Gasteiger partial charge >= 0.3 is 0 Å². The number of hydrogen-bond acceptors (Lipinski definition) is 2. The second-order valence-corrected chi connectivity index (χ2v) is 5.18. The molecule has 0 atom stereocenters. The quantitative estimate of drug-likeness (QED) is 0.832. The Bertz CT molecular complexity index is 337. The topological polar surface area (TPSA) is 24.9 Å². The van der Waals surface area contributed by atoms with Gasteiger partial charge in [-0.3, -0.25) is 0 Å². The number of rotatable bonds is 2. The molecule has 76 valence electrons. The summed E-state index contributed by atoms with van der Waals surface area (Å²) in [6, 6.07) is 2.54. The Labute approximate surface area is 97.2 Å². The Kier molecular flexibility index (Phi) is 2.98. The van der Waals surface area contributed by atoms with Gasteiger partial charge in [0.15, 0.2) is 5.15 Å². The maximum absolute atomic E-state index is 5.96. The minimum Gasteiger partial charge on any atom is -0.380 e. The highest BCUT2D eigenvalue weighted by atomic mass is 79.9. The maximum Gasteiger partial charge on any atom is 0.152 e. The second-order valence-electron chi connectivity index (χ2n) is 3.91. The van der Waals surface area contributed by atoms with Gasteiger partial charge in [0.05, 0.1) is 5.69 Å². The first-order valence-corrected chi connectivity index (χ1v) is 5.90. The number of pyridine rings is 1. The summed E-state index contributed by atoms with van der Waals surface area (Å²) < 4.78 is 0.955. The van der Waals surface area contributed by atoms with Crippen LogP contribution in [0.5, 0.6) is 0 Å². The first-order chi connectivity index (χ1) is 6.65. The van der Waals surface area contributed by atoms with Crippen LogP contribution >= 0.6 is 27.5 Å².